The molecule has 94 valence electrons. The molecule has 0 fully saturated rings. The van der Waals surface area contributed by atoms with E-state index in [1.807, 2.05) is 19.1 Å². The highest BCUT2D eigenvalue weighted by Crippen LogP contribution is 2.14. The van der Waals surface area contributed by atoms with E-state index < -0.39 is 0 Å². The van der Waals surface area contributed by atoms with Crippen LogP contribution in [0.25, 0.3) is 0 Å². The molecule has 0 aliphatic carbocycles. The molecular weight excluding hydrogens is 250 g/mol. The molecule has 0 spiro atoms. The molecule has 0 aromatic carbocycles. The molecule has 0 aliphatic rings. The average molecular weight is 263 g/mol. The van der Waals surface area contributed by atoms with Crippen molar-refractivity contribution in [3.05, 3.63) is 35.1 Å². The number of anilines is 1. The van der Waals surface area contributed by atoms with Crippen molar-refractivity contribution in [2.24, 2.45) is 5.73 Å². The third-order valence-electron chi connectivity index (χ3n) is 2.28. The van der Waals surface area contributed by atoms with Crippen LogP contribution in [0.1, 0.15) is 23.0 Å². The number of rotatable bonds is 4. The second-order valence-corrected chi connectivity index (χ2v) is 4.24. The van der Waals surface area contributed by atoms with Crippen molar-refractivity contribution in [3.8, 4) is 0 Å². The third kappa shape index (κ3) is 2.80. The summed E-state index contributed by atoms with van der Waals surface area (Å²) in [5, 5.41) is 6.89. The second-order valence-electron chi connectivity index (χ2n) is 3.80. The normalized spacial score (nSPS) is 10.3. The van der Waals surface area contributed by atoms with E-state index in [4.69, 9.17) is 22.5 Å². The first kappa shape index (κ1) is 12.4. The number of hydrogen-bond donors (Lipinski definition) is 2. The van der Waals surface area contributed by atoms with Gasteiger partial charge < -0.3 is 15.6 Å². The lowest BCUT2D eigenvalue weighted by Crippen LogP contribution is -2.15. The molecule has 0 amide bonds. The van der Waals surface area contributed by atoms with Crippen LogP contribution < -0.4 is 11.1 Å². The maximum atomic E-state index is 5.64. The first-order valence-electron chi connectivity index (χ1n) is 5.37. The molecule has 0 saturated heterocycles. The first-order valence-corrected chi connectivity index (χ1v) is 5.77. The Bertz CT molecular complexity index is 581. The summed E-state index contributed by atoms with van der Waals surface area (Å²) < 4.78 is 4.88. The molecule has 2 heterocycles. The predicted molar refractivity (Wildman–Crippen MR) is 71.2 cm³/mol. The van der Waals surface area contributed by atoms with E-state index >= 15 is 0 Å². The zero-order valence-electron chi connectivity index (χ0n) is 10.1. The summed E-state index contributed by atoms with van der Waals surface area (Å²) in [6.45, 7) is 4.04. The van der Waals surface area contributed by atoms with Crippen molar-refractivity contribution < 1.29 is 4.52 Å². The number of nitrogens with two attached hydrogens (primary N) is 1. The maximum Gasteiger partial charge on any atom is 0.223 e. The number of aryl methyl sites for hydroxylation is 2. The van der Waals surface area contributed by atoms with Gasteiger partial charge in [-0.3, -0.25) is 0 Å². The molecule has 0 aliphatic heterocycles. The minimum Gasteiger partial charge on any atom is -0.389 e. The van der Waals surface area contributed by atoms with Gasteiger partial charge in [0.2, 0.25) is 5.89 Å². The number of thiocarbonyl (C=S) groups is 1. The van der Waals surface area contributed by atoms with Crippen molar-refractivity contribution in [2.75, 3.05) is 5.32 Å². The van der Waals surface area contributed by atoms with Crippen LogP contribution in [0.4, 0.5) is 5.82 Å². The van der Waals surface area contributed by atoms with Gasteiger partial charge in [-0.1, -0.05) is 17.4 Å². The summed E-state index contributed by atoms with van der Waals surface area (Å²) in [6.07, 6.45) is 0. The Labute approximate surface area is 110 Å². The highest BCUT2D eigenvalue weighted by molar-refractivity contribution is 7.80. The van der Waals surface area contributed by atoms with Crippen LogP contribution in [0.2, 0.25) is 0 Å². The minimum absolute atomic E-state index is 0.300. The number of hydrogen-bond acceptors (Lipinski definition) is 6. The van der Waals surface area contributed by atoms with Gasteiger partial charge in [-0.15, -0.1) is 0 Å². The Morgan fingerprint density at radius 1 is 1.39 bits per heavy atom. The number of pyridine rings is 1. The van der Waals surface area contributed by atoms with E-state index in [0.29, 0.717) is 34.6 Å². The molecule has 0 unspecified atom stereocenters. The molecule has 0 atom stereocenters. The molecule has 0 saturated carbocycles. The van der Waals surface area contributed by atoms with Crippen LogP contribution >= 0.6 is 12.2 Å². The summed E-state index contributed by atoms with van der Waals surface area (Å²) in [5.41, 5.74) is 7.22. The third-order valence-corrected chi connectivity index (χ3v) is 2.50. The van der Waals surface area contributed by atoms with E-state index in [9.17, 15) is 0 Å². The number of nitrogens with one attached hydrogen (secondary N) is 1. The largest absolute Gasteiger partial charge is 0.389 e. The second kappa shape index (κ2) is 5.09. The zero-order valence-corrected chi connectivity index (χ0v) is 10.9. The van der Waals surface area contributed by atoms with Crippen molar-refractivity contribution >= 4 is 23.0 Å². The van der Waals surface area contributed by atoms with Crippen LogP contribution in [-0.4, -0.2) is 20.1 Å². The smallest absolute Gasteiger partial charge is 0.223 e. The molecule has 6 nitrogen and oxygen atoms in total. The van der Waals surface area contributed by atoms with Gasteiger partial charge in [-0.05, 0) is 19.1 Å². The molecule has 0 bridgehead atoms. The van der Waals surface area contributed by atoms with Gasteiger partial charge in [0.25, 0.3) is 0 Å². The van der Waals surface area contributed by atoms with Crippen LogP contribution in [-0.2, 0) is 6.54 Å². The quantitative estimate of drug-likeness (QED) is 0.804. The van der Waals surface area contributed by atoms with E-state index in [1.54, 1.807) is 6.92 Å². The Morgan fingerprint density at radius 3 is 2.78 bits per heavy atom. The SMILES string of the molecule is Cc1ccc(C(N)=S)c(NCc2noc(C)n2)n1. The molecule has 2 aromatic heterocycles. The maximum absolute atomic E-state index is 5.64. The van der Waals surface area contributed by atoms with Crippen LogP contribution in [0.15, 0.2) is 16.7 Å². The van der Waals surface area contributed by atoms with Gasteiger partial charge in [0, 0.05) is 12.6 Å². The van der Waals surface area contributed by atoms with E-state index in [1.165, 1.54) is 0 Å². The van der Waals surface area contributed by atoms with E-state index in [2.05, 4.69) is 20.4 Å². The Morgan fingerprint density at radius 2 is 2.17 bits per heavy atom. The fourth-order valence-corrected chi connectivity index (χ4v) is 1.63. The lowest BCUT2D eigenvalue weighted by molar-refractivity contribution is 0.388. The highest BCUT2D eigenvalue weighted by Gasteiger charge is 2.08. The van der Waals surface area contributed by atoms with Gasteiger partial charge in [0.15, 0.2) is 5.82 Å². The van der Waals surface area contributed by atoms with Crippen molar-refractivity contribution in [2.45, 2.75) is 20.4 Å². The van der Waals surface area contributed by atoms with Gasteiger partial charge in [-0.2, -0.15) is 4.98 Å². The summed E-state index contributed by atoms with van der Waals surface area (Å²) in [5.74, 6) is 1.72. The standard InChI is InChI=1S/C11H13N5OS/c1-6-3-4-8(10(12)18)11(14-6)13-5-9-15-7(2)17-16-9/h3-4H,5H2,1-2H3,(H2,12,18)(H,13,14). The van der Waals surface area contributed by atoms with Gasteiger partial charge in [0.05, 0.1) is 12.1 Å². The van der Waals surface area contributed by atoms with E-state index in [-0.39, 0.29) is 0 Å². The summed E-state index contributed by atoms with van der Waals surface area (Å²) in [7, 11) is 0. The van der Waals surface area contributed by atoms with Crippen molar-refractivity contribution in [1.29, 1.82) is 0 Å². The monoisotopic (exact) mass is 263 g/mol. The minimum atomic E-state index is 0.300. The van der Waals surface area contributed by atoms with Crippen LogP contribution in [0.3, 0.4) is 0 Å². The Kier molecular flexibility index (Phi) is 3.52. The molecule has 2 aromatic rings. The fourth-order valence-electron chi connectivity index (χ4n) is 1.47. The fraction of sp³-hybridized carbons (Fsp3) is 0.273. The summed E-state index contributed by atoms with van der Waals surface area (Å²) in [6, 6.07) is 3.70. The lowest BCUT2D eigenvalue weighted by atomic mass is 10.2. The Balaban J connectivity index is 2.17. The predicted octanol–water partition coefficient (Wildman–Crippen LogP) is 1.33. The van der Waals surface area contributed by atoms with Gasteiger partial charge >= 0.3 is 0 Å². The molecule has 7 heteroatoms. The zero-order chi connectivity index (χ0) is 13.1. The molecule has 0 radical (unpaired) electrons. The molecule has 2 rings (SSSR count). The number of nitrogens with zero attached hydrogens (tertiary/aromatic N) is 3. The molecule has 18 heavy (non-hydrogen) atoms. The van der Waals surface area contributed by atoms with Gasteiger partial charge in [-0.25, -0.2) is 4.98 Å². The number of aromatic nitrogens is 3. The summed E-state index contributed by atoms with van der Waals surface area (Å²) in [4.78, 5) is 8.74. The van der Waals surface area contributed by atoms with Crippen molar-refractivity contribution in [3.63, 3.8) is 0 Å². The van der Waals surface area contributed by atoms with E-state index in [0.717, 1.165) is 5.69 Å². The van der Waals surface area contributed by atoms with Gasteiger partial charge in [0.1, 0.15) is 10.8 Å². The lowest BCUT2D eigenvalue weighted by Gasteiger charge is -2.09. The highest BCUT2D eigenvalue weighted by atomic mass is 32.1. The molecule has 3 N–H and O–H groups in total. The average Bonchev–Trinajstić information content (AvgIpc) is 2.72. The van der Waals surface area contributed by atoms with Crippen LogP contribution in [0, 0.1) is 13.8 Å². The van der Waals surface area contributed by atoms with Crippen molar-refractivity contribution in [1.82, 2.24) is 15.1 Å². The topological polar surface area (TPSA) is 89.9 Å². The first-order chi connectivity index (χ1) is 8.56. The molecular formula is C11H13N5OS. The van der Waals surface area contributed by atoms with Crippen LogP contribution in [0.5, 0.6) is 0 Å². The Hall–Kier alpha value is -2.02. The summed E-state index contributed by atoms with van der Waals surface area (Å²) >= 11 is 4.98.